The summed E-state index contributed by atoms with van der Waals surface area (Å²) in [6.07, 6.45) is 4.72. The molecule has 0 atom stereocenters. The highest BCUT2D eigenvalue weighted by atomic mass is 35.6. The maximum absolute atomic E-state index is 5.93. The van der Waals surface area contributed by atoms with Crippen molar-refractivity contribution in [3.05, 3.63) is 34.9 Å². The molecule has 3 heteroatoms. The highest BCUT2D eigenvalue weighted by Crippen LogP contribution is 2.40. The van der Waals surface area contributed by atoms with Crippen LogP contribution in [0.1, 0.15) is 42.9 Å². The number of rotatable bonds is 4. The molecule has 0 unspecified atom stereocenters. The molecule has 16 heavy (non-hydrogen) atoms. The van der Waals surface area contributed by atoms with Crippen LogP contribution in [0.4, 0.5) is 0 Å². The van der Waals surface area contributed by atoms with E-state index in [-0.39, 0.29) is 0 Å². The molecule has 1 aromatic rings. The van der Waals surface area contributed by atoms with Gasteiger partial charge in [-0.15, -0.1) is 0 Å². The first kappa shape index (κ1) is 14.2. The number of benzene rings is 1. The van der Waals surface area contributed by atoms with Gasteiger partial charge in [0, 0.05) is 5.56 Å². The number of unbranched alkanes of at least 4 members (excludes halogenated alkanes) is 2. The number of alkyl halides is 3. The van der Waals surface area contributed by atoms with Crippen LogP contribution in [0.2, 0.25) is 0 Å². The summed E-state index contributed by atoms with van der Waals surface area (Å²) in [5, 5.41) is 0. The van der Waals surface area contributed by atoms with E-state index in [2.05, 4.69) is 13.0 Å². The Morgan fingerprint density at radius 1 is 1.12 bits per heavy atom. The Morgan fingerprint density at radius 3 is 2.38 bits per heavy atom. The summed E-state index contributed by atoms with van der Waals surface area (Å²) in [4.78, 5) is 0. The van der Waals surface area contributed by atoms with Crippen molar-refractivity contribution in [3.63, 3.8) is 0 Å². The SMILES string of the molecule is CCCCCc1ccc(C)c(C(Cl)(Cl)Cl)c1. The van der Waals surface area contributed by atoms with E-state index in [9.17, 15) is 0 Å². The fourth-order valence-corrected chi connectivity index (χ4v) is 2.32. The summed E-state index contributed by atoms with van der Waals surface area (Å²) >= 11 is 17.8. The number of hydrogen-bond donors (Lipinski definition) is 0. The van der Waals surface area contributed by atoms with Crippen molar-refractivity contribution in [1.82, 2.24) is 0 Å². The molecule has 90 valence electrons. The van der Waals surface area contributed by atoms with Gasteiger partial charge in [-0.25, -0.2) is 0 Å². The average molecular weight is 280 g/mol. The van der Waals surface area contributed by atoms with Crippen LogP contribution in [0.3, 0.4) is 0 Å². The van der Waals surface area contributed by atoms with Gasteiger partial charge in [-0.2, -0.15) is 0 Å². The number of aryl methyl sites for hydroxylation is 2. The smallest absolute Gasteiger partial charge is 0.0784 e. The van der Waals surface area contributed by atoms with Crippen molar-refractivity contribution in [2.75, 3.05) is 0 Å². The molecular formula is C13H17Cl3. The number of hydrogen-bond acceptors (Lipinski definition) is 0. The minimum atomic E-state index is -1.31. The molecule has 1 rings (SSSR count). The zero-order valence-corrected chi connectivity index (χ0v) is 12.0. The lowest BCUT2D eigenvalue weighted by molar-refractivity contribution is 0.717. The molecule has 0 bridgehead atoms. The molecule has 0 saturated carbocycles. The Balaban J connectivity index is 2.82. The van der Waals surface area contributed by atoms with E-state index >= 15 is 0 Å². The molecule has 0 saturated heterocycles. The van der Waals surface area contributed by atoms with Gasteiger partial charge < -0.3 is 0 Å². The third kappa shape index (κ3) is 4.16. The third-order valence-electron chi connectivity index (χ3n) is 2.68. The zero-order valence-electron chi connectivity index (χ0n) is 9.69. The molecule has 0 aromatic heterocycles. The molecule has 1 aromatic carbocycles. The van der Waals surface area contributed by atoms with Crippen molar-refractivity contribution >= 4 is 34.8 Å². The lowest BCUT2D eigenvalue weighted by Crippen LogP contribution is -2.04. The van der Waals surface area contributed by atoms with Crippen LogP contribution in [0.25, 0.3) is 0 Å². The van der Waals surface area contributed by atoms with Crippen LogP contribution in [0.5, 0.6) is 0 Å². The molecule has 0 aliphatic carbocycles. The first-order valence-electron chi connectivity index (χ1n) is 5.62. The molecule has 0 aliphatic rings. The first-order chi connectivity index (χ1) is 7.45. The lowest BCUT2D eigenvalue weighted by atomic mass is 10.0. The largest absolute Gasteiger partial charge is 0.216 e. The van der Waals surface area contributed by atoms with Crippen LogP contribution in [0.15, 0.2) is 18.2 Å². The average Bonchev–Trinajstić information content (AvgIpc) is 2.19. The fourth-order valence-electron chi connectivity index (χ4n) is 1.71. The summed E-state index contributed by atoms with van der Waals surface area (Å²) in [6, 6.07) is 6.15. The van der Waals surface area contributed by atoms with E-state index in [0.29, 0.717) is 0 Å². The van der Waals surface area contributed by atoms with Crippen LogP contribution >= 0.6 is 34.8 Å². The summed E-state index contributed by atoms with van der Waals surface area (Å²) in [5.74, 6) is 0. The lowest BCUT2D eigenvalue weighted by Gasteiger charge is -2.15. The molecule has 0 heterocycles. The number of halogens is 3. The Bertz CT molecular complexity index is 340. The fraction of sp³-hybridized carbons (Fsp3) is 0.538. The monoisotopic (exact) mass is 278 g/mol. The molecule has 0 radical (unpaired) electrons. The second-order valence-corrected chi connectivity index (χ2v) is 6.39. The maximum atomic E-state index is 5.93. The quantitative estimate of drug-likeness (QED) is 0.500. The molecule has 0 nitrogen and oxygen atoms in total. The van der Waals surface area contributed by atoms with Gasteiger partial charge >= 0.3 is 0 Å². The highest BCUT2D eigenvalue weighted by molar-refractivity contribution is 6.66. The molecular weight excluding hydrogens is 263 g/mol. The molecule has 0 fully saturated rings. The van der Waals surface area contributed by atoms with Gasteiger partial charge in [0.1, 0.15) is 0 Å². The minimum absolute atomic E-state index is 0.798. The summed E-state index contributed by atoms with van der Waals surface area (Å²) < 4.78 is -1.31. The Labute approximate surface area is 113 Å². The van der Waals surface area contributed by atoms with Gasteiger partial charge in [-0.05, 0) is 30.9 Å². The van der Waals surface area contributed by atoms with E-state index in [1.54, 1.807) is 0 Å². The first-order valence-corrected chi connectivity index (χ1v) is 6.75. The van der Waals surface area contributed by atoms with Gasteiger partial charge in [0.2, 0.25) is 3.79 Å². The van der Waals surface area contributed by atoms with E-state index in [1.165, 1.54) is 24.8 Å². The normalized spacial score (nSPS) is 11.8. The summed E-state index contributed by atoms with van der Waals surface area (Å²) in [5.41, 5.74) is 3.08. The Hall–Kier alpha value is 0.0900. The van der Waals surface area contributed by atoms with Crippen molar-refractivity contribution in [2.24, 2.45) is 0 Å². The zero-order chi connectivity index (χ0) is 12.2. The van der Waals surface area contributed by atoms with Crippen LogP contribution in [-0.4, -0.2) is 0 Å². The van der Waals surface area contributed by atoms with E-state index < -0.39 is 3.79 Å². The third-order valence-corrected chi connectivity index (χ3v) is 3.29. The molecule has 0 spiro atoms. The maximum Gasteiger partial charge on any atom is 0.216 e. The van der Waals surface area contributed by atoms with Gasteiger partial charge in [0.15, 0.2) is 0 Å². The second-order valence-electron chi connectivity index (χ2n) is 4.10. The van der Waals surface area contributed by atoms with Crippen molar-refractivity contribution < 1.29 is 0 Å². The summed E-state index contributed by atoms with van der Waals surface area (Å²) in [6.45, 7) is 4.16. The Kier molecular flexibility index (Phi) is 5.43. The van der Waals surface area contributed by atoms with Crippen molar-refractivity contribution in [3.8, 4) is 0 Å². The van der Waals surface area contributed by atoms with Gasteiger partial charge in [-0.1, -0.05) is 72.8 Å². The van der Waals surface area contributed by atoms with Crippen molar-refractivity contribution in [1.29, 1.82) is 0 Å². The van der Waals surface area contributed by atoms with Gasteiger partial charge in [0.25, 0.3) is 0 Å². The van der Waals surface area contributed by atoms with Crippen LogP contribution < -0.4 is 0 Å². The topological polar surface area (TPSA) is 0 Å². The van der Waals surface area contributed by atoms with E-state index in [1.807, 2.05) is 19.1 Å². The van der Waals surface area contributed by atoms with E-state index in [0.717, 1.165) is 17.5 Å². The molecule has 0 aliphatic heterocycles. The van der Waals surface area contributed by atoms with Gasteiger partial charge in [0.05, 0.1) is 0 Å². The standard InChI is InChI=1S/C13H17Cl3/c1-3-4-5-6-11-8-7-10(2)12(9-11)13(14,15)16/h7-9H,3-6H2,1-2H3. The van der Waals surface area contributed by atoms with Crippen LogP contribution in [-0.2, 0) is 10.2 Å². The summed E-state index contributed by atoms with van der Waals surface area (Å²) in [7, 11) is 0. The van der Waals surface area contributed by atoms with Gasteiger partial charge in [-0.3, -0.25) is 0 Å². The van der Waals surface area contributed by atoms with E-state index in [4.69, 9.17) is 34.8 Å². The second kappa shape index (κ2) is 6.14. The highest BCUT2D eigenvalue weighted by Gasteiger charge is 2.24. The predicted molar refractivity (Wildman–Crippen MR) is 73.6 cm³/mol. The van der Waals surface area contributed by atoms with Crippen LogP contribution in [0, 0.1) is 6.92 Å². The molecule has 0 N–H and O–H groups in total. The predicted octanol–water partition coefficient (Wildman–Crippen LogP) is 5.55. The molecule has 0 amide bonds. The van der Waals surface area contributed by atoms with Crippen molar-refractivity contribution in [2.45, 2.75) is 43.3 Å². The minimum Gasteiger partial charge on any atom is -0.0784 e. The Morgan fingerprint density at radius 2 is 1.81 bits per heavy atom.